The number of halogens is 1. The molecule has 0 spiro atoms. The predicted octanol–water partition coefficient (Wildman–Crippen LogP) is 4.31. The van der Waals surface area contributed by atoms with Crippen molar-refractivity contribution in [3.8, 4) is 0 Å². The fourth-order valence-electron chi connectivity index (χ4n) is 7.93. The third kappa shape index (κ3) is 8.68. The van der Waals surface area contributed by atoms with Crippen molar-refractivity contribution in [3.05, 3.63) is 47.8 Å². The first kappa shape index (κ1) is 39.5. The summed E-state index contributed by atoms with van der Waals surface area (Å²) in [7, 11) is -3.94. The maximum absolute atomic E-state index is 14.7. The van der Waals surface area contributed by atoms with Gasteiger partial charge in [-0.25, -0.2) is 22.4 Å². The Hall–Kier alpha value is -4.21. The van der Waals surface area contributed by atoms with Gasteiger partial charge in [-0.2, -0.15) is 0 Å². The van der Waals surface area contributed by atoms with Crippen LogP contribution >= 0.6 is 0 Å². The average Bonchev–Trinajstić information content (AvgIpc) is 3.99. The number of rotatable bonds is 8. The molecule has 2 saturated carbocycles. The minimum atomic E-state index is -3.94. The number of fused-ring (bicyclic) bond motifs is 2. The van der Waals surface area contributed by atoms with Gasteiger partial charge in [0.25, 0.3) is 5.91 Å². The molecule has 6 atom stereocenters. The first-order valence-electron chi connectivity index (χ1n) is 19.1. The fourth-order valence-corrected chi connectivity index (χ4v) is 9.30. The molecule has 14 nitrogen and oxygen atoms in total. The van der Waals surface area contributed by atoms with E-state index in [9.17, 15) is 36.8 Å². The summed E-state index contributed by atoms with van der Waals surface area (Å²) in [6, 6.07) is 1.53. The van der Waals surface area contributed by atoms with Crippen LogP contribution in [0.5, 0.6) is 0 Å². The van der Waals surface area contributed by atoms with E-state index in [2.05, 4.69) is 21.9 Å². The Morgan fingerprint density at radius 3 is 2.31 bits per heavy atom. The van der Waals surface area contributed by atoms with E-state index < -0.39 is 92.3 Å². The van der Waals surface area contributed by atoms with E-state index in [4.69, 9.17) is 9.47 Å². The van der Waals surface area contributed by atoms with Gasteiger partial charge in [0.15, 0.2) is 0 Å². The summed E-state index contributed by atoms with van der Waals surface area (Å²) in [5.74, 6) is -3.17. The maximum Gasteiger partial charge on any atom is 0.410 e. The van der Waals surface area contributed by atoms with Crippen molar-refractivity contribution in [1.29, 1.82) is 0 Å². The number of carbonyl (C=O) groups is 5. The van der Waals surface area contributed by atoms with Crippen LogP contribution in [0.1, 0.15) is 109 Å². The number of hydrogen-bond donors (Lipinski definition) is 3. The molecule has 1 aromatic carbocycles. The smallest absolute Gasteiger partial charge is 0.410 e. The molecule has 0 bridgehead atoms. The molecular formula is C38H52FN5O9S. The molecular weight excluding hydrogens is 722 g/mol. The summed E-state index contributed by atoms with van der Waals surface area (Å²) in [4.78, 5) is 72.3. The van der Waals surface area contributed by atoms with Gasteiger partial charge in [0.2, 0.25) is 21.8 Å². The zero-order valence-corrected chi connectivity index (χ0v) is 32.1. The topological polar surface area (TPSA) is 181 Å². The number of amides is 5. The zero-order valence-electron chi connectivity index (χ0n) is 31.2. The van der Waals surface area contributed by atoms with Crippen molar-refractivity contribution in [2.45, 2.75) is 152 Å². The summed E-state index contributed by atoms with van der Waals surface area (Å²) in [5, 5.41) is 4.83. The standard InChI is InChI=1S/C38H52FN5O9S/c1-5-24-20-38(24,34(47)42-54(50,51)25-17-18-25)41-32(45)30-19-31(52-36(49)43-21-23-13-12-14-27(39)26(23)22-43)29-16-11-9-7-6-8-10-15-28(33(46)44(29)30)40-35(48)53-37(2,3)4/h5,12-14,24-25,28-31H,1,6-11,15-22H2,2-4H3,(H,40,48)(H,41,45)(H,42,47)/t24-,28?,29?,30+,31-,38?/m1/s1. The molecule has 6 rings (SSSR count). The molecule has 2 aliphatic carbocycles. The average molecular weight is 774 g/mol. The highest BCUT2D eigenvalue weighted by Crippen LogP contribution is 2.46. The van der Waals surface area contributed by atoms with E-state index in [1.54, 1.807) is 32.9 Å². The van der Waals surface area contributed by atoms with Crippen molar-refractivity contribution in [2.24, 2.45) is 5.92 Å². The lowest BCUT2D eigenvalue weighted by atomic mass is 9.99. The second kappa shape index (κ2) is 15.5. The Morgan fingerprint density at radius 1 is 1.00 bits per heavy atom. The molecule has 0 radical (unpaired) electrons. The minimum absolute atomic E-state index is 0.00297. The van der Waals surface area contributed by atoms with Crippen molar-refractivity contribution in [1.82, 2.24) is 25.2 Å². The van der Waals surface area contributed by atoms with Crippen molar-refractivity contribution < 1.29 is 46.3 Å². The number of nitrogens with zero attached hydrogens (tertiary/aromatic N) is 2. The molecule has 3 aliphatic heterocycles. The van der Waals surface area contributed by atoms with Gasteiger partial charge in [-0.05, 0) is 64.5 Å². The Labute approximate surface area is 316 Å². The predicted molar refractivity (Wildman–Crippen MR) is 194 cm³/mol. The first-order chi connectivity index (χ1) is 25.5. The second-order valence-electron chi connectivity index (χ2n) is 16.3. The molecule has 1 aromatic rings. The van der Waals surface area contributed by atoms with Crippen LogP contribution < -0.4 is 15.4 Å². The number of ether oxygens (including phenoxy) is 2. The van der Waals surface area contributed by atoms with Crippen LogP contribution in [-0.4, -0.2) is 88.7 Å². The zero-order chi connectivity index (χ0) is 39.0. The van der Waals surface area contributed by atoms with Gasteiger partial charge in [0, 0.05) is 24.4 Å². The van der Waals surface area contributed by atoms with Gasteiger partial charge in [-0.1, -0.05) is 56.7 Å². The van der Waals surface area contributed by atoms with Gasteiger partial charge >= 0.3 is 12.2 Å². The van der Waals surface area contributed by atoms with Crippen LogP contribution in [0.4, 0.5) is 14.0 Å². The number of carbonyl (C=O) groups excluding carboxylic acids is 5. The number of nitrogens with one attached hydrogen (secondary N) is 3. The van der Waals surface area contributed by atoms with E-state index in [1.807, 2.05) is 0 Å². The molecule has 0 aromatic heterocycles. The molecule has 3 heterocycles. The highest BCUT2D eigenvalue weighted by atomic mass is 32.2. The highest BCUT2D eigenvalue weighted by Gasteiger charge is 2.62. The van der Waals surface area contributed by atoms with E-state index >= 15 is 0 Å². The van der Waals surface area contributed by atoms with Gasteiger partial charge in [-0.15, -0.1) is 6.58 Å². The van der Waals surface area contributed by atoms with Crippen LogP contribution in [0.2, 0.25) is 0 Å². The Bertz CT molecular complexity index is 1780. The summed E-state index contributed by atoms with van der Waals surface area (Å²) >= 11 is 0. The summed E-state index contributed by atoms with van der Waals surface area (Å²) in [5.41, 5.74) is -1.41. The number of benzene rings is 1. The largest absolute Gasteiger partial charge is 0.444 e. The minimum Gasteiger partial charge on any atom is -0.444 e. The molecule has 54 heavy (non-hydrogen) atoms. The monoisotopic (exact) mass is 773 g/mol. The van der Waals surface area contributed by atoms with Crippen molar-refractivity contribution in [3.63, 3.8) is 0 Å². The van der Waals surface area contributed by atoms with Crippen LogP contribution in [0.3, 0.4) is 0 Å². The highest BCUT2D eigenvalue weighted by molar-refractivity contribution is 7.91. The third-order valence-corrected chi connectivity index (χ3v) is 12.9. The first-order valence-corrected chi connectivity index (χ1v) is 20.6. The molecule has 5 aliphatic rings. The molecule has 3 N–H and O–H groups in total. The number of hydrogen-bond acceptors (Lipinski definition) is 9. The molecule has 296 valence electrons. The van der Waals surface area contributed by atoms with Crippen molar-refractivity contribution in [2.75, 3.05) is 0 Å². The van der Waals surface area contributed by atoms with Crippen molar-refractivity contribution >= 4 is 39.9 Å². The summed E-state index contributed by atoms with van der Waals surface area (Å²) < 4.78 is 53.8. The number of sulfonamides is 1. The quantitative estimate of drug-likeness (QED) is 0.325. The molecule has 4 fully saturated rings. The lowest BCUT2D eigenvalue weighted by molar-refractivity contribution is -0.143. The van der Waals surface area contributed by atoms with E-state index in [0.717, 1.165) is 25.7 Å². The lowest BCUT2D eigenvalue weighted by Crippen LogP contribution is -2.60. The molecule has 5 amide bonds. The molecule has 3 unspecified atom stereocenters. The Morgan fingerprint density at radius 2 is 1.69 bits per heavy atom. The van der Waals surface area contributed by atoms with Gasteiger partial charge in [-0.3, -0.25) is 24.0 Å². The Balaban J connectivity index is 1.30. The van der Waals surface area contributed by atoms with E-state index in [1.165, 1.54) is 21.9 Å². The summed E-state index contributed by atoms with van der Waals surface area (Å²) in [6.07, 6.45) is 5.29. The van der Waals surface area contributed by atoms with Crippen LogP contribution in [0, 0.1) is 11.7 Å². The third-order valence-electron chi connectivity index (χ3n) is 11.1. The van der Waals surface area contributed by atoms with Crippen LogP contribution in [0.15, 0.2) is 30.9 Å². The van der Waals surface area contributed by atoms with Gasteiger partial charge in [0.05, 0.1) is 17.8 Å². The fraction of sp³-hybridized carbons (Fsp3) is 0.658. The maximum atomic E-state index is 14.7. The lowest BCUT2D eigenvalue weighted by Gasteiger charge is -2.35. The van der Waals surface area contributed by atoms with Gasteiger partial charge < -0.3 is 25.0 Å². The van der Waals surface area contributed by atoms with Gasteiger partial charge in [0.1, 0.15) is 35.1 Å². The van der Waals surface area contributed by atoms with Crippen LogP contribution in [0.25, 0.3) is 0 Å². The molecule has 2 saturated heterocycles. The number of alkyl carbamates (subject to hydrolysis) is 1. The normalized spacial score (nSPS) is 28.7. The Kier molecular flexibility index (Phi) is 11.3. The van der Waals surface area contributed by atoms with E-state index in [0.29, 0.717) is 43.2 Å². The molecule has 16 heteroatoms. The summed E-state index contributed by atoms with van der Waals surface area (Å²) in [6.45, 7) is 9.00. The van der Waals surface area contributed by atoms with Crippen LogP contribution in [-0.2, 0) is 47.0 Å². The second-order valence-corrected chi connectivity index (χ2v) is 18.3. The SMILES string of the molecule is C=C[C@@H]1CC1(NC(=O)[C@@H]1C[C@@H](OC(=O)N2Cc3cccc(F)c3C2)C2CCCCCCCCC(NC(=O)OC(C)(C)C)C(=O)N21)C(=O)NS(=O)(=O)C1CC1. The van der Waals surface area contributed by atoms with E-state index in [-0.39, 0.29) is 32.4 Å².